The Morgan fingerprint density at radius 3 is 2.43 bits per heavy atom. The molecule has 1 heterocycles. The summed E-state index contributed by atoms with van der Waals surface area (Å²) in [4.78, 5) is 1.01. The van der Waals surface area contributed by atoms with Crippen molar-refractivity contribution >= 4 is 37.3 Å². The van der Waals surface area contributed by atoms with Crippen LogP contribution in [0.1, 0.15) is 18.7 Å². The average Bonchev–Trinajstić information content (AvgIpc) is 2.31. The van der Waals surface area contributed by atoms with Crippen LogP contribution in [0.25, 0.3) is 0 Å². The van der Waals surface area contributed by atoms with Gasteiger partial charge in [0.25, 0.3) is 0 Å². The van der Waals surface area contributed by atoms with Crippen molar-refractivity contribution in [2.75, 3.05) is 0 Å². The maximum absolute atomic E-state index is 11.2. The zero-order chi connectivity index (χ0) is 11.0. The second-order valence-electron chi connectivity index (χ2n) is 3.69. The second-order valence-corrected chi connectivity index (χ2v) is 8.43. The summed E-state index contributed by atoms with van der Waals surface area (Å²) in [6.45, 7) is 3.27. The third-order valence-corrected chi connectivity index (χ3v) is 5.31. The van der Waals surface area contributed by atoms with Gasteiger partial charge in [-0.05, 0) is 41.9 Å². The van der Waals surface area contributed by atoms with Crippen LogP contribution in [-0.2, 0) is 16.4 Å². The normalized spacial score (nSPS) is 13.1. The van der Waals surface area contributed by atoms with Crippen LogP contribution in [0.2, 0.25) is 0 Å². The molecule has 0 bridgehead atoms. The van der Waals surface area contributed by atoms with Crippen molar-refractivity contribution in [2.24, 2.45) is 5.14 Å². The van der Waals surface area contributed by atoms with E-state index in [9.17, 15) is 8.42 Å². The van der Waals surface area contributed by atoms with Crippen LogP contribution in [0, 0.1) is 0 Å². The van der Waals surface area contributed by atoms with Gasteiger partial charge >= 0.3 is 0 Å². The summed E-state index contributed by atoms with van der Waals surface area (Å²) in [6.07, 6.45) is 0.447. The average molecular weight is 298 g/mol. The van der Waals surface area contributed by atoms with E-state index in [-0.39, 0.29) is 0 Å². The smallest absolute Gasteiger partial charge is 0.214 e. The predicted octanol–water partition coefficient (Wildman–Crippen LogP) is 2.12. The summed E-state index contributed by atoms with van der Waals surface area (Å²) in [5, 5.41) is 5.13. The summed E-state index contributed by atoms with van der Waals surface area (Å²) in [5.41, 5.74) is 0. The summed E-state index contributed by atoms with van der Waals surface area (Å²) < 4.78 is 22.6. The molecule has 3 nitrogen and oxygen atoms in total. The molecule has 14 heavy (non-hydrogen) atoms. The molecular weight excluding hydrogens is 286 g/mol. The lowest BCUT2D eigenvalue weighted by Crippen LogP contribution is -2.39. The molecule has 6 heteroatoms. The minimum atomic E-state index is -3.50. The third-order valence-electron chi connectivity index (χ3n) is 2.00. The Balaban J connectivity index is 2.89. The van der Waals surface area contributed by atoms with E-state index in [1.54, 1.807) is 13.8 Å². The van der Waals surface area contributed by atoms with Gasteiger partial charge in [-0.2, -0.15) is 0 Å². The van der Waals surface area contributed by atoms with E-state index in [2.05, 4.69) is 15.9 Å². The highest BCUT2D eigenvalue weighted by molar-refractivity contribution is 9.11. The summed E-state index contributed by atoms with van der Waals surface area (Å²) >= 11 is 4.86. The first-order chi connectivity index (χ1) is 6.22. The van der Waals surface area contributed by atoms with E-state index in [1.807, 2.05) is 12.1 Å². The Hall–Kier alpha value is 0.0900. The van der Waals surface area contributed by atoms with E-state index < -0.39 is 14.8 Å². The van der Waals surface area contributed by atoms with Gasteiger partial charge in [-0.3, -0.25) is 0 Å². The molecule has 0 aliphatic carbocycles. The molecule has 1 aromatic rings. The van der Waals surface area contributed by atoms with Crippen LogP contribution in [0.15, 0.2) is 15.9 Å². The van der Waals surface area contributed by atoms with Crippen molar-refractivity contribution in [1.82, 2.24) is 0 Å². The fourth-order valence-corrected chi connectivity index (χ4v) is 3.13. The van der Waals surface area contributed by atoms with Gasteiger partial charge in [0.1, 0.15) is 0 Å². The van der Waals surface area contributed by atoms with E-state index >= 15 is 0 Å². The number of thiophene rings is 1. The number of hydrogen-bond donors (Lipinski definition) is 1. The van der Waals surface area contributed by atoms with Crippen LogP contribution in [-0.4, -0.2) is 13.2 Å². The van der Waals surface area contributed by atoms with Gasteiger partial charge in [-0.15, -0.1) is 11.3 Å². The van der Waals surface area contributed by atoms with Crippen LogP contribution in [0.4, 0.5) is 0 Å². The lowest BCUT2D eigenvalue weighted by Gasteiger charge is -2.20. The minimum Gasteiger partial charge on any atom is -0.228 e. The maximum atomic E-state index is 11.2. The first-order valence-corrected chi connectivity index (χ1v) is 7.14. The Kier molecular flexibility index (Phi) is 3.41. The van der Waals surface area contributed by atoms with E-state index in [0.29, 0.717) is 6.42 Å². The summed E-state index contributed by atoms with van der Waals surface area (Å²) in [5.74, 6) is 0. The molecule has 0 radical (unpaired) electrons. The zero-order valence-corrected chi connectivity index (χ0v) is 11.2. The third kappa shape index (κ3) is 2.79. The largest absolute Gasteiger partial charge is 0.228 e. The monoisotopic (exact) mass is 297 g/mol. The lowest BCUT2D eigenvalue weighted by molar-refractivity contribution is 0.547. The van der Waals surface area contributed by atoms with Crippen molar-refractivity contribution in [3.05, 3.63) is 20.8 Å². The molecular formula is C8H12BrNO2S2. The van der Waals surface area contributed by atoms with Gasteiger partial charge in [0.15, 0.2) is 0 Å². The number of rotatable bonds is 3. The molecule has 0 spiro atoms. The SMILES string of the molecule is CC(C)(Cc1ccc(Br)s1)S(N)(=O)=O. The minimum absolute atomic E-state index is 0.447. The molecule has 0 unspecified atom stereocenters. The zero-order valence-electron chi connectivity index (χ0n) is 7.95. The standard InChI is InChI=1S/C8H12BrNO2S2/c1-8(2,14(10,11)12)5-6-3-4-7(9)13-6/h3-4H,5H2,1-2H3,(H2,10,11,12). The Morgan fingerprint density at radius 2 is 2.07 bits per heavy atom. The molecule has 0 saturated carbocycles. The molecule has 0 aromatic carbocycles. The van der Waals surface area contributed by atoms with Gasteiger partial charge in [0, 0.05) is 11.3 Å². The van der Waals surface area contributed by atoms with E-state index in [1.165, 1.54) is 11.3 Å². The van der Waals surface area contributed by atoms with Crippen molar-refractivity contribution in [2.45, 2.75) is 25.0 Å². The maximum Gasteiger partial charge on any atom is 0.214 e. The second kappa shape index (κ2) is 3.92. The van der Waals surface area contributed by atoms with E-state index in [4.69, 9.17) is 5.14 Å². The van der Waals surface area contributed by atoms with Gasteiger partial charge in [-0.25, -0.2) is 13.6 Å². The van der Waals surface area contributed by atoms with Gasteiger partial charge < -0.3 is 0 Å². The van der Waals surface area contributed by atoms with Crippen molar-refractivity contribution in [3.63, 3.8) is 0 Å². The predicted molar refractivity (Wildman–Crippen MR) is 62.9 cm³/mol. The Morgan fingerprint density at radius 1 is 1.50 bits per heavy atom. The Bertz CT molecular complexity index is 422. The molecule has 1 aromatic heterocycles. The van der Waals surface area contributed by atoms with Crippen molar-refractivity contribution < 1.29 is 8.42 Å². The first kappa shape index (κ1) is 12.2. The molecule has 0 fully saturated rings. The van der Waals surface area contributed by atoms with Gasteiger partial charge in [0.2, 0.25) is 10.0 Å². The van der Waals surface area contributed by atoms with E-state index in [0.717, 1.165) is 8.66 Å². The fourth-order valence-electron chi connectivity index (χ4n) is 0.967. The van der Waals surface area contributed by atoms with Crippen LogP contribution < -0.4 is 5.14 Å². The number of primary sulfonamides is 1. The number of sulfonamides is 1. The first-order valence-electron chi connectivity index (χ1n) is 3.99. The van der Waals surface area contributed by atoms with Crippen LogP contribution in [0.3, 0.4) is 0 Å². The van der Waals surface area contributed by atoms with Crippen molar-refractivity contribution in [3.8, 4) is 0 Å². The number of halogens is 1. The topological polar surface area (TPSA) is 60.2 Å². The molecule has 1 rings (SSSR count). The molecule has 80 valence electrons. The van der Waals surface area contributed by atoms with Crippen molar-refractivity contribution in [1.29, 1.82) is 0 Å². The molecule has 0 atom stereocenters. The highest BCUT2D eigenvalue weighted by Crippen LogP contribution is 2.27. The van der Waals surface area contributed by atoms with Crippen LogP contribution in [0.5, 0.6) is 0 Å². The molecule has 0 aliphatic heterocycles. The molecule has 0 amide bonds. The number of nitrogens with two attached hydrogens (primary N) is 1. The molecule has 0 aliphatic rings. The highest BCUT2D eigenvalue weighted by atomic mass is 79.9. The molecule has 2 N–H and O–H groups in total. The lowest BCUT2D eigenvalue weighted by atomic mass is 10.1. The van der Waals surface area contributed by atoms with Crippen LogP contribution >= 0.6 is 27.3 Å². The fraction of sp³-hybridized carbons (Fsp3) is 0.500. The Labute approximate surface area is 96.5 Å². The quantitative estimate of drug-likeness (QED) is 0.929. The van der Waals surface area contributed by atoms with Gasteiger partial charge in [-0.1, -0.05) is 0 Å². The highest BCUT2D eigenvalue weighted by Gasteiger charge is 2.31. The van der Waals surface area contributed by atoms with Gasteiger partial charge in [0.05, 0.1) is 8.53 Å². The summed E-state index contributed by atoms with van der Waals surface area (Å²) in [6, 6.07) is 3.81. The summed E-state index contributed by atoms with van der Waals surface area (Å²) in [7, 11) is -3.50. The number of hydrogen-bond acceptors (Lipinski definition) is 3. The molecule has 0 saturated heterocycles.